The summed E-state index contributed by atoms with van der Waals surface area (Å²) in [7, 11) is 1.59. The van der Waals surface area contributed by atoms with E-state index in [0.29, 0.717) is 11.4 Å². The highest BCUT2D eigenvalue weighted by Gasteiger charge is 2.05. The van der Waals surface area contributed by atoms with Gasteiger partial charge in [0.05, 0.1) is 11.6 Å². The fourth-order valence-corrected chi connectivity index (χ4v) is 1.31. The molecule has 0 unspecified atom stereocenters. The van der Waals surface area contributed by atoms with Crippen LogP contribution in [-0.4, -0.2) is 24.7 Å². The molecule has 4 nitrogen and oxygen atoms in total. The minimum atomic E-state index is -0.121. The number of amidine groups is 1. The molecule has 5 heteroatoms. The molecule has 0 saturated heterocycles. The van der Waals surface area contributed by atoms with Crippen LogP contribution in [0.2, 0.25) is 0 Å². The van der Waals surface area contributed by atoms with E-state index in [9.17, 15) is 4.79 Å². The van der Waals surface area contributed by atoms with Gasteiger partial charge in [-0.2, -0.15) is 0 Å². The Morgan fingerprint density at radius 1 is 1.56 bits per heavy atom. The first-order chi connectivity index (χ1) is 7.58. The number of hydrogen-bond donors (Lipinski definition) is 2. The molecule has 0 fully saturated rings. The maximum Gasteiger partial charge on any atom is 0.251 e. The lowest BCUT2D eigenvalue weighted by atomic mass is 10.1. The zero-order valence-electron chi connectivity index (χ0n) is 9.25. The smallest absolute Gasteiger partial charge is 0.251 e. The molecule has 0 atom stereocenters. The van der Waals surface area contributed by atoms with Crippen molar-refractivity contribution in [3.8, 4) is 0 Å². The lowest BCUT2D eigenvalue weighted by molar-refractivity contribution is 0.0963. The fraction of sp³-hybridized carbons (Fsp3) is 0.273. The van der Waals surface area contributed by atoms with Gasteiger partial charge < -0.3 is 11.1 Å². The van der Waals surface area contributed by atoms with Crippen LogP contribution in [0.5, 0.6) is 0 Å². The zero-order chi connectivity index (χ0) is 12.1. The minimum Gasteiger partial charge on any atom is -0.386 e. The third kappa shape index (κ3) is 2.97. The SMILES string of the molecule is CNC(=O)c1ccc(N=C(N)CCl)c(C)c1. The van der Waals surface area contributed by atoms with Gasteiger partial charge in [0, 0.05) is 12.6 Å². The molecular formula is C11H14ClN3O. The van der Waals surface area contributed by atoms with E-state index in [4.69, 9.17) is 17.3 Å². The number of alkyl halides is 1. The Morgan fingerprint density at radius 3 is 2.75 bits per heavy atom. The average Bonchev–Trinajstić information content (AvgIpc) is 2.30. The third-order valence-electron chi connectivity index (χ3n) is 2.09. The quantitative estimate of drug-likeness (QED) is 0.478. The minimum absolute atomic E-state index is 0.121. The average molecular weight is 240 g/mol. The summed E-state index contributed by atoms with van der Waals surface area (Å²) in [6, 6.07) is 5.21. The molecular weight excluding hydrogens is 226 g/mol. The highest BCUT2D eigenvalue weighted by Crippen LogP contribution is 2.19. The molecule has 16 heavy (non-hydrogen) atoms. The summed E-state index contributed by atoms with van der Waals surface area (Å²) in [5.74, 6) is 0.429. The van der Waals surface area contributed by atoms with Gasteiger partial charge in [-0.05, 0) is 30.7 Å². The van der Waals surface area contributed by atoms with E-state index < -0.39 is 0 Å². The normalized spacial score (nSPS) is 11.3. The molecule has 0 saturated carbocycles. The standard InChI is InChI=1S/C11H14ClN3O/c1-7-5-8(11(16)14-2)3-4-9(7)15-10(13)6-12/h3-5H,6H2,1-2H3,(H2,13,15)(H,14,16). The molecule has 0 aliphatic heterocycles. The molecule has 1 aromatic carbocycles. The first-order valence-electron chi connectivity index (χ1n) is 4.80. The number of hydrogen-bond acceptors (Lipinski definition) is 2. The first-order valence-corrected chi connectivity index (χ1v) is 5.33. The summed E-state index contributed by atoms with van der Waals surface area (Å²) in [6.07, 6.45) is 0. The number of nitrogens with one attached hydrogen (secondary N) is 1. The van der Waals surface area contributed by atoms with Crippen molar-refractivity contribution in [3.05, 3.63) is 29.3 Å². The fourth-order valence-electron chi connectivity index (χ4n) is 1.25. The Morgan fingerprint density at radius 2 is 2.25 bits per heavy atom. The van der Waals surface area contributed by atoms with Crippen LogP contribution >= 0.6 is 11.6 Å². The number of aliphatic imine (C=N–C) groups is 1. The summed E-state index contributed by atoms with van der Waals surface area (Å²) < 4.78 is 0. The van der Waals surface area contributed by atoms with Gasteiger partial charge in [-0.1, -0.05) is 0 Å². The number of amides is 1. The van der Waals surface area contributed by atoms with E-state index in [0.717, 1.165) is 11.3 Å². The molecule has 0 radical (unpaired) electrons. The summed E-state index contributed by atoms with van der Waals surface area (Å²) in [4.78, 5) is 15.5. The number of rotatable bonds is 3. The Kier molecular flexibility index (Phi) is 4.31. The van der Waals surface area contributed by atoms with Crippen molar-refractivity contribution in [2.24, 2.45) is 10.7 Å². The molecule has 0 aromatic heterocycles. The Bertz CT molecular complexity index is 429. The number of carbonyl (C=O) groups is 1. The Labute approximate surface area is 99.5 Å². The van der Waals surface area contributed by atoms with Crippen LogP contribution in [0.15, 0.2) is 23.2 Å². The van der Waals surface area contributed by atoms with Crippen LogP contribution in [0.4, 0.5) is 5.69 Å². The second-order valence-corrected chi connectivity index (χ2v) is 3.58. The molecule has 1 rings (SSSR count). The van der Waals surface area contributed by atoms with Gasteiger partial charge in [0.15, 0.2) is 0 Å². The zero-order valence-corrected chi connectivity index (χ0v) is 10.0. The van der Waals surface area contributed by atoms with E-state index in [1.165, 1.54) is 0 Å². The monoisotopic (exact) mass is 239 g/mol. The van der Waals surface area contributed by atoms with Crippen molar-refractivity contribution in [2.75, 3.05) is 12.9 Å². The van der Waals surface area contributed by atoms with Crippen molar-refractivity contribution >= 4 is 29.0 Å². The molecule has 86 valence electrons. The van der Waals surface area contributed by atoms with Crippen molar-refractivity contribution < 1.29 is 4.79 Å². The van der Waals surface area contributed by atoms with E-state index in [1.807, 2.05) is 6.92 Å². The summed E-state index contributed by atoms with van der Waals surface area (Å²) in [5, 5.41) is 2.56. The maximum absolute atomic E-state index is 11.4. The predicted molar refractivity (Wildman–Crippen MR) is 66.6 cm³/mol. The van der Waals surface area contributed by atoms with E-state index in [1.54, 1.807) is 25.2 Å². The number of nitrogens with zero attached hydrogens (tertiary/aromatic N) is 1. The molecule has 0 bridgehead atoms. The summed E-state index contributed by atoms with van der Waals surface area (Å²) in [5.41, 5.74) is 7.75. The number of carbonyl (C=O) groups excluding carboxylic acids is 1. The van der Waals surface area contributed by atoms with Gasteiger partial charge in [0.1, 0.15) is 5.84 Å². The lowest BCUT2D eigenvalue weighted by Gasteiger charge is -2.04. The second kappa shape index (κ2) is 5.51. The van der Waals surface area contributed by atoms with Gasteiger partial charge in [-0.3, -0.25) is 4.79 Å². The van der Waals surface area contributed by atoms with Crippen molar-refractivity contribution in [3.63, 3.8) is 0 Å². The summed E-state index contributed by atoms with van der Waals surface area (Å²) in [6.45, 7) is 1.87. The first kappa shape index (κ1) is 12.5. The number of benzene rings is 1. The van der Waals surface area contributed by atoms with Crippen LogP contribution in [0.3, 0.4) is 0 Å². The Balaban J connectivity index is 3.05. The van der Waals surface area contributed by atoms with Crippen molar-refractivity contribution in [1.29, 1.82) is 0 Å². The van der Waals surface area contributed by atoms with Gasteiger partial charge in [0.2, 0.25) is 0 Å². The Hall–Kier alpha value is -1.55. The van der Waals surface area contributed by atoms with Crippen LogP contribution < -0.4 is 11.1 Å². The molecule has 0 heterocycles. The highest BCUT2D eigenvalue weighted by atomic mass is 35.5. The van der Waals surface area contributed by atoms with Crippen LogP contribution in [0.25, 0.3) is 0 Å². The topological polar surface area (TPSA) is 67.5 Å². The van der Waals surface area contributed by atoms with Gasteiger partial charge in [0.25, 0.3) is 5.91 Å². The highest BCUT2D eigenvalue weighted by molar-refractivity contribution is 6.28. The van der Waals surface area contributed by atoms with Crippen LogP contribution in [-0.2, 0) is 0 Å². The van der Waals surface area contributed by atoms with Gasteiger partial charge >= 0.3 is 0 Å². The number of aryl methyl sites for hydroxylation is 1. The lowest BCUT2D eigenvalue weighted by Crippen LogP contribution is -2.17. The van der Waals surface area contributed by atoms with Crippen LogP contribution in [0.1, 0.15) is 15.9 Å². The van der Waals surface area contributed by atoms with Gasteiger partial charge in [-0.15, -0.1) is 11.6 Å². The van der Waals surface area contributed by atoms with Gasteiger partial charge in [-0.25, -0.2) is 4.99 Å². The molecule has 1 aromatic rings. The molecule has 1 amide bonds. The van der Waals surface area contributed by atoms with Crippen LogP contribution in [0, 0.1) is 6.92 Å². The molecule has 0 aliphatic rings. The van der Waals surface area contributed by atoms with Crippen molar-refractivity contribution in [1.82, 2.24) is 5.32 Å². The third-order valence-corrected chi connectivity index (χ3v) is 2.36. The van der Waals surface area contributed by atoms with E-state index in [-0.39, 0.29) is 11.8 Å². The largest absolute Gasteiger partial charge is 0.386 e. The maximum atomic E-state index is 11.4. The van der Waals surface area contributed by atoms with E-state index in [2.05, 4.69) is 10.3 Å². The van der Waals surface area contributed by atoms with E-state index >= 15 is 0 Å². The molecule has 0 spiro atoms. The molecule has 3 N–H and O–H groups in total. The number of halogens is 1. The predicted octanol–water partition coefficient (Wildman–Crippen LogP) is 1.58. The number of nitrogens with two attached hydrogens (primary N) is 1. The summed E-state index contributed by atoms with van der Waals surface area (Å²) >= 11 is 5.54. The second-order valence-electron chi connectivity index (χ2n) is 3.32. The molecule has 0 aliphatic carbocycles. The van der Waals surface area contributed by atoms with Crippen molar-refractivity contribution in [2.45, 2.75) is 6.92 Å².